The Morgan fingerprint density at radius 3 is 1.14 bits per heavy atom. The van der Waals surface area contributed by atoms with E-state index in [1.807, 2.05) is 48.5 Å². The van der Waals surface area contributed by atoms with Gasteiger partial charge in [-0.05, 0) is 33.1 Å². The topological polar surface area (TPSA) is 17.1 Å². The Hall–Kier alpha value is -1.83. The third kappa shape index (κ3) is 5.16. The van der Waals surface area contributed by atoms with Crippen molar-refractivity contribution in [1.29, 1.82) is 0 Å². The molecule has 0 spiro atoms. The van der Waals surface area contributed by atoms with Crippen LogP contribution in [-0.2, 0) is 15.6 Å². The number of halogens is 2. The van der Waals surface area contributed by atoms with Crippen LogP contribution < -0.4 is 0 Å². The largest absolute Gasteiger partial charge is 0.288 e. The van der Waals surface area contributed by atoms with Crippen LogP contribution >= 0.6 is 23.2 Å². The zero-order valence-corrected chi connectivity index (χ0v) is 18.9. The van der Waals surface area contributed by atoms with Crippen molar-refractivity contribution in [3.05, 3.63) is 81.9 Å². The zero-order chi connectivity index (χ0) is 21.1. The first-order valence-corrected chi connectivity index (χ1v) is 10.2. The molecule has 1 nitrogen and oxygen atoms in total. The lowest BCUT2D eigenvalue weighted by Gasteiger charge is -2.20. The molecule has 2 aromatic rings. The lowest BCUT2D eigenvalue weighted by atomic mass is 9.85. The fourth-order valence-corrected chi connectivity index (χ4v) is 3.38. The summed E-state index contributed by atoms with van der Waals surface area (Å²) >= 11 is 12.1. The minimum atomic E-state index is -0.197. The smallest absolute Gasteiger partial charge is 0.195 e. The maximum Gasteiger partial charge on any atom is 0.195 e. The van der Waals surface area contributed by atoms with E-state index in [2.05, 4.69) is 41.5 Å². The van der Waals surface area contributed by atoms with Gasteiger partial charge < -0.3 is 0 Å². The number of Topliss-reactive ketones (excluding diaryl/α,β-unsaturated/α-hetero) is 1. The van der Waals surface area contributed by atoms with E-state index >= 15 is 0 Å². The first kappa shape index (κ1) is 22.5. The number of hydrogen-bond donors (Lipinski definition) is 0. The Balaban J connectivity index is 2.35. The van der Waals surface area contributed by atoms with Crippen molar-refractivity contribution in [2.75, 3.05) is 0 Å². The molecule has 0 aliphatic carbocycles. The summed E-state index contributed by atoms with van der Waals surface area (Å²) in [5, 5.41) is 0. The van der Waals surface area contributed by atoms with Crippen molar-refractivity contribution in [2.45, 2.75) is 52.4 Å². The van der Waals surface area contributed by atoms with Crippen LogP contribution in [0.5, 0.6) is 0 Å². The first-order chi connectivity index (χ1) is 13.0. The van der Waals surface area contributed by atoms with Gasteiger partial charge in [0, 0.05) is 22.2 Å². The second kappa shape index (κ2) is 8.68. The van der Waals surface area contributed by atoms with E-state index in [9.17, 15) is 4.79 Å². The number of allylic oxidation sites excluding steroid dienone is 2. The highest BCUT2D eigenvalue weighted by Gasteiger charge is 2.21. The van der Waals surface area contributed by atoms with Crippen molar-refractivity contribution < 1.29 is 4.79 Å². The summed E-state index contributed by atoms with van der Waals surface area (Å²) in [6.07, 6.45) is 0. The minimum absolute atomic E-state index is 0.0450. The molecule has 0 unspecified atom stereocenters. The average Bonchev–Trinajstić information content (AvgIpc) is 2.62. The number of carbonyl (C=O) groups excluding carboxylic acids is 1. The molecule has 0 aliphatic heterocycles. The fraction of sp³-hybridized carbons (Fsp3) is 0.320. The van der Waals surface area contributed by atoms with Crippen LogP contribution in [0.25, 0.3) is 11.1 Å². The summed E-state index contributed by atoms with van der Waals surface area (Å²) in [6, 6.07) is 15.9. The zero-order valence-electron chi connectivity index (χ0n) is 17.4. The molecule has 0 atom stereocenters. The molecule has 0 bridgehead atoms. The summed E-state index contributed by atoms with van der Waals surface area (Å²) in [7, 11) is 0. The van der Waals surface area contributed by atoms with Gasteiger partial charge in [0.2, 0.25) is 0 Å². The van der Waals surface area contributed by atoms with Crippen molar-refractivity contribution in [1.82, 2.24) is 0 Å². The van der Waals surface area contributed by atoms with Gasteiger partial charge in [0.05, 0.1) is 0 Å². The van der Waals surface area contributed by atoms with Gasteiger partial charge in [-0.1, -0.05) is 113 Å². The Morgan fingerprint density at radius 1 is 0.643 bits per heavy atom. The lowest BCUT2D eigenvalue weighted by Crippen LogP contribution is -2.12. The molecule has 148 valence electrons. The molecule has 0 saturated heterocycles. The summed E-state index contributed by atoms with van der Waals surface area (Å²) in [5.41, 5.74) is 7.55. The van der Waals surface area contributed by atoms with E-state index in [4.69, 9.17) is 23.2 Å². The second-order valence-electron chi connectivity index (χ2n) is 9.03. The Kier molecular flexibility index (Phi) is 6.96. The van der Waals surface area contributed by atoms with E-state index in [1.54, 1.807) is 0 Å². The number of benzene rings is 2. The van der Waals surface area contributed by atoms with Crippen molar-refractivity contribution >= 4 is 40.1 Å². The summed E-state index contributed by atoms with van der Waals surface area (Å²) < 4.78 is 0. The van der Waals surface area contributed by atoms with Crippen LogP contribution in [0.15, 0.2) is 59.6 Å². The molecule has 0 aliphatic rings. The Morgan fingerprint density at radius 2 is 0.929 bits per heavy atom. The van der Waals surface area contributed by atoms with E-state index < -0.39 is 0 Å². The van der Waals surface area contributed by atoms with E-state index in [0.29, 0.717) is 11.1 Å². The van der Waals surface area contributed by atoms with E-state index in [-0.39, 0.29) is 16.6 Å². The highest BCUT2D eigenvalue weighted by Crippen LogP contribution is 2.30. The van der Waals surface area contributed by atoms with Gasteiger partial charge in [-0.25, -0.2) is 0 Å². The number of rotatable bonds is 4. The first-order valence-electron chi connectivity index (χ1n) is 9.36. The predicted octanol–water partition coefficient (Wildman–Crippen LogP) is 7.71. The van der Waals surface area contributed by atoms with Gasteiger partial charge in [-0.15, -0.1) is 0 Å². The molecular formula is C25H28Cl2O. The second-order valence-corrected chi connectivity index (χ2v) is 9.47. The van der Waals surface area contributed by atoms with Crippen LogP contribution in [0.2, 0.25) is 0 Å². The van der Waals surface area contributed by atoms with Gasteiger partial charge in [-0.2, -0.15) is 0 Å². The maximum atomic E-state index is 13.2. The van der Waals surface area contributed by atoms with Gasteiger partial charge in [0.15, 0.2) is 5.78 Å². The molecule has 0 saturated carbocycles. The summed E-state index contributed by atoms with van der Waals surface area (Å²) in [5.74, 6) is -0.197. The molecule has 0 amide bonds. The minimum Gasteiger partial charge on any atom is -0.288 e. The monoisotopic (exact) mass is 414 g/mol. The third-order valence-corrected chi connectivity index (χ3v) is 5.27. The Labute approximate surface area is 179 Å². The van der Waals surface area contributed by atoms with E-state index in [0.717, 1.165) is 11.1 Å². The molecule has 0 heterocycles. The van der Waals surface area contributed by atoms with Crippen molar-refractivity contribution in [3.8, 4) is 0 Å². The molecule has 0 aromatic heterocycles. The van der Waals surface area contributed by atoms with Crippen LogP contribution in [-0.4, -0.2) is 5.78 Å². The molecule has 0 radical (unpaired) electrons. The number of hydrogen-bond acceptors (Lipinski definition) is 1. The van der Waals surface area contributed by atoms with E-state index in [1.165, 1.54) is 22.2 Å². The van der Waals surface area contributed by atoms with Crippen LogP contribution in [0, 0.1) is 0 Å². The molecule has 2 rings (SSSR count). The average molecular weight is 415 g/mol. The maximum absolute atomic E-state index is 13.2. The normalized spacial score (nSPS) is 13.6. The third-order valence-electron chi connectivity index (χ3n) is 4.83. The molecule has 28 heavy (non-hydrogen) atoms. The molecule has 3 heteroatoms. The molecule has 0 N–H and O–H groups in total. The highest BCUT2D eigenvalue weighted by atomic mass is 35.5. The fourth-order valence-electron chi connectivity index (χ4n) is 2.93. The van der Waals surface area contributed by atoms with Crippen molar-refractivity contribution in [2.24, 2.45) is 0 Å². The summed E-state index contributed by atoms with van der Waals surface area (Å²) in [6.45, 7) is 12.9. The molecule has 2 aromatic carbocycles. The van der Waals surface area contributed by atoms with Crippen LogP contribution in [0.4, 0.5) is 0 Å². The molecular weight excluding hydrogens is 387 g/mol. The summed E-state index contributed by atoms with van der Waals surface area (Å²) in [4.78, 5) is 13.2. The van der Waals surface area contributed by atoms with Crippen LogP contribution in [0.3, 0.4) is 0 Å². The van der Waals surface area contributed by atoms with Gasteiger partial charge >= 0.3 is 0 Å². The van der Waals surface area contributed by atoms with Gasteiger partial charge in [0.25, 0.3) is 0 Å². The highest BCUT2D eigenvalue weighted by molar-refractivity contribution is 6.49. The van der Waals surface area contributed by atoms with Crippen LogP contribution in [0.1, 0.15) is 63.8 Å². The quantitative estimate of drug-likeness (QED) is 0.468. The number of ketones is 1. The molecule has 0 fully saturated rings. The lowest BCUT2D eigenvalue weighted by molar-refractivity contribution is -0.108. The SMILES string of the molecule is CC(C)(C)c1ccc(C(=CCl)C(=O)C(=CCl)c2ccc(C(C)(C)C)cc2)cc1. The number of carbonyl (C=O) groups is 1. The standard InChI is InChI=1S/C25H28Cl2O/c1-24(2,3)19-11-7-17(8-12-19)21(15-26)23(28)22(16-27)18-9-13-20(14-10-18)25(4,5)6/h7-16H,1-6H3. The van der Waals surface area contributed by atoms with Gasteiger partial charge in [0.1, 0.15) is 0 Å². The Bertz CT molecular complexity index is 812. The predicted molar refractivity (Wildman–Crippen MR) is 123 cm³/mol. The van der Waals surface area contributed by atoms with Crippen molar-refractivity contribution in [3.63, 3.8) is 0 Å². The van der Waals surface area contributed by atoms with Gasteiger partial charge in [-0.3, -0.25) is 4.79 Å².